The van der Waals surface area contributed by atoms with Crippen LogP contribution in [0.4, 0.5) is 0 Å². The van der Waals surface area contributed by atoms with Gasteiger partial charge in [0.2, 0.25) is 0 Å². The lowest BCUT2D eigenvalue weighted by Gasteiger charge is -2.05. The minimum Gasteiger partial charge on any atom is -0.396 e. The number of aromatic nitrogens is 1. The second kappa shape index (κ2) is 6.71. The van der Waals surface area contributed by atoms with Gasteiger partial charge in [0, 0.05) is 23.7 Å². The van der Waals surface area contributed by atoms with Crippen molar-refractivity contribution in [3.8, 4) is 10.6 Å². The lowest BCUT2D eigenvalue weighted by atomic mass is 10.2. The van der Waals surface area contributed by atoms with Crippen LogP contribution in [0.25, 0.3) is 10.6 Å². The SMILES string of the molecule is Cl.NC(CCO)c1ccc(-c2ccccn2)s1. The quantitative estimate of drug-likeness (QED) is 0.898. The van der Waals surface area contributed by atoms with Gasteiger partial charge in [0.15, 0.2) is 0 Å². The molecule has 5 heteroatoms. The topological polar surface area (TPSA) is 59.1 Å². The predicted molar refractivity (Wildman–Crippen MR) is 73.4 cm³/mol. The van der Waals surface area contributed by atoms with Gasteiger partial charge >= 0.3 is 0 Å². The molecule has 0 radical (unpaired) electrons. The standard InChI is InChI=1S/C12H14N2OS.ClH/c13-9(6-8-15)11-4-5-12(16-11)10-3-1-2-7-14-10;/h1-5,7,9,15H,6,8,13H2;1H. The highest BCUT2D eigenvalue weighted by atomic mass is 35.5. The Hall–Kier alpha value is -0.940. The van der Waals surface area contributed by atoms with E-state index in [0.717, 1.165) is 15.4 Å². The average molecular weight is 271 g/mol. The number of thiophene rings is 1. The van der Waals surface area contributed by atoms with Crippen molar-refractivity contribution in [1.29, 1.82) is 0 Å². The molecule has 0 spiro atoms. The minimum atomic E-state index is -0.0764. The number of hydrogen-bond donors (Lipinski definition) is 2. The summed E-state index contributed by atoms with van der Waals surface area (Å²) in [6.07, 6.45) is 2.38. The van der Waals surface area contributed by atoms with Crippen LogP contribution < -0.4 is 5.73 Å². The second-order valence-corrected chi connectivity index (χ2v) is 4.65. The average Bonchev–Trinajstić information content (AvgIpc) is 2.80. The number of halogens is 1. The van der Waals surface area contributed by atoms with E-state index in [2.05, 4.69) is 4.98 Å². The van der Waals surface area contributed by atoms with Gasteiger partial charge in [0.1, 0.15) is 0 Å². The molecule has 0 saturated heterocycles. The predicted octanol–water partition coefficient (Wildman–Crippen LogP) is 2.61. The third-order valence-electron chi connectivity index (χ3n) is 2.35. The first-order valence-corrected chi connectivity index (χ1v) is 6.00. The molecule has 2 rings (SSSR count). The summed E-state index contributed by atoms with van der Waals surface area (Å²) >= 11 is 1.64. The number of aliphatic hydroxyl groups is 1. The monoisotopic (exact) mass is 270 g/mol. The molecule has 3 N–H and O–H groups in total. The van der Waals surface area contributed by atoms with E-state index in [9.17, 15) is 0 Å². The van der Waals surface area contributed by atoms with E-state index in [-0.39, 0.29) is 25.1 Å². The molecule has 0 saturated carbocycles. The first kappa shape index (κ1) is 14.1. The molecular formula is C12H15ClN2OS. The highest BCUT2D eigenvalue weighted by Gasteiger charge is 2.09. The van der Waals surface area contributed by atoms with Crippen LogP contribution in [-0.2, 0) is 0 Å². The molecule has 0 fully saturated rings. The van der Waals surface area contributed by atoms with Crippen LogP contribution in [0.1, 0.15) is 17.3 Å². The molecule has 1 atom stereocenters. The maximum Gasteiger partial charge on any atom is 0.0801 e. The van der Waals surface area contributed by atoms with Crippen LogP contribution in [0.3, 0.4) is 0 Å². The Kier molecular flexibility index (Phi) is 5.58. The maximum absolute atomic E-state index is 8.83. The first-order chi connectivity index (χ1) is 7.81. The Labute approximate surface area is 111 Å². The van der Waals surface area contributed by atoms with Crippen molar-refractivity contribution in [3.63, 3.8) is 0 Å². The molecule has 0 bridgehead atoms. The molecule has 0 aliphatic carbocycles. The lowest BCUT2D eigenvalue weighted by molar-refractivity contribution is 0.277. The van der Waals surface area contributed by atoms with Crippen LogP contribution in [0.5, 0.6) is 0 Å². The number of hydrogen-bond acceptors (Lipinski definition) is 4. The largest absolute Gasteiger partial charge is 0.396 e. The molecule has 2 aromatic rings. The highest BCUT2D eigenvalue weighted by molar-refractivity contribution is 7.15. The van der Waals surface area contributed by atoms with Crippen LogP contribution >= 0.6 is 23.7 Å². The number of rotatable bonds is 4. The van der Waals surface area contributed by atoms with E-state index in [4.69, 9.17) is 10.8 Å². The summed E-state index contributed by atoms with van der Waals surface area (Å²) in [6.45, 7) is 0.123. The first-order valence-electron chi connectivity index (χ1n) is 5.19. The van der Waals surface area contributed by atoms with E-state index in [1.54, 1.807) is 17.5 Å². The molecule has 1 unspecified atom stereocenters. The Morgan fingerprint density at radius 1 is 1.29 bits per heavy atom. The molecule has 0 amide bonds. The van der Waals surface area contributed by atoms with E-state index in [1.165, 1.54) is 0 Å². The molecular weight excluding hydrogens is 256 g/mol. The van der Waals surface area contributed by atoms with Crippen molar-refractivity contribution >= 4 is 23.7 Å². The summed E-state index contributed by atoms with van der Waals surface area (Å²) in [7, 11) is 0. The van der Waals surface area contributed by atoms with Gasteiger partial charge in [0.25, 0.3) is 0 Å². The summed E-state index contributed by atoms with van der Waals surface area (Å²) < 4.78 is 0. The van der Waals surface area contributed by atoms with Gasteiger partial charge in [-0.2, -0.15) is 0 Å². The van der Waals surface area contributed by atoms with Crippen molar-refractivity contribution in [2.75, 3.05) is 6.61 Å². The molecule has 2 aromatic heterocycles. The zero-order valence-electron chi connectivity index (χ0n) is 9.24. The van der Waals surface area contributed by atoms with Crippen molar-refractivity contribution in [3.05, 3.63) is 41.4 Å². The van der Waals surface area contributed by atoms with Gasteiger partial charge in [-0.25, -0.2) is 0 Å². The summed E-state index contributed by atoms with van der Waals surface area (Å²) in [4.78, 5) is 6.49. The Bertz CT molecular complexity index is 447. The van der Waals surface area contributed by atoms with Crippen LogP contribution in [0.15, 0.2) is 36.5 Å². The fraction of sp³-hybridized carbons (Fsp3) is 0.250. The summed E-state index contributed by atoms with van der Waals surface area (Å²) in [5, 5.41) is 8.83. The fourth-order valence-electron chi connectivity index (χ4n) is 1.48. The lowest BCUT2D eigenvalue weighted by Crippen LogP contribution is -2.09. The zero-order valence-corrected chi connectivity index (χ0v) is 10.9. The molecule has 2 heterocycles. The van der Waals surface area contributed by atoms with E-state index in [1.807, 2.05) is 30.3 Å². The normalized spacial score (nSPS) is 11.9. The number of nitrogens with zero attached hydrogens (tertiary/aromatic N) is 1. The van der Waals surface area contributed by atoms with Gasteiger partial charge in [-0.15, -0.1) is 23.7 Å². The Morgan fingerprint density at radius 2 is 2.12 bits per heavy atom. The van der Waals surface area contributed by atoms with E-state index < -0.39 is 0 Å². The zero-order chi connectivity index (χ0) is 11.4. The molecule has 3 nitrogen and oxygen atoms in total. The van der Waals surface area contributed by atoms with Gasteiger partial charge in [0.05, 0.1) is 10.6 Å². The summed E-state index contributed by atoms with van der Waals surface area (Å²) in [5.74, 6) is 0. The van der Waals surface area contributed by atoms with Crippen molar-refractivity contribution in [1.82, 2.24) is 4.98 Å². The van der Waals surface area contributed by atoms with Gasteiger partial charge in [-0.05, 0) is 30.7 Å². The van der Waals surface area contributed by atoms with Crippen molar-refractivity contribution in [2.24, 2.45) is 5.73 Å². The maximum atomic E-state index is 8.83. The smallest absolute Gasteiger partial charge is 0.0801 e. The van der Waals surface area contributed by atoms with Crippen LogP contribution in [0.2, 0.25) is 0 Å². The Morgan fingerprint density at radius 3 is 2.76 bits per heavy atom. The van der Waals surface area contributed by atoms with Gasteiger partial charge < -0.3 is 10.8 Å². The van der Waals surface area contributed by atoms with Gasteiger partial charge in [-0.3, -0.25) is 4.98 Å². The molecule has 0 aliphatic rings. The van der Waals surface area contributed by atoms with Crippen LogP contribution in [0, 0.1) is 0 Å². The number of nitrogens with two attached hydrogens (primary N) is 1. The molecule has 92 valence electrons. The molecule has 0 aromatic carbocycles. The van der Waals surface area contributed by atoms with Gasteiger partial charge in [-0.1, -0.05) is 6.07 Å². The number of pyridine rings is 1. The second-order valence-electron chi connectivity index (χ2n) is 3.54. The number of aliphatic hydroxyl groups excluding tert-OH is 1. The summed E-state index contributed by atoms with van der Waals surface area (Å²) in [5.41, 5.74) is 6.89. The highest BCUT2D eigenvalue weighted by Crippen LogP contribution is 2.30. The van der Waals surface area contributed by atoms with E-state index >= 15 is 0 Å². The molecule has 17 heavy (non-hydrogen) atoms. The van der Waals surface area contributed by atoms with Crippen molar-refractivity contribution in [2.45, 2.75) is 12.5 Å². The third kappa shape index (κ3) is 3.51. The molecule has 0 aliphatic heterocycles. The van der Waals surface area contributed by atoms with E-state index in [0.29, 0.717) is 6.42 Å². The van der Waals surface area contributed by atoms with Crippen molar-refractivity contribution < 1.29 is 5.11 Å². The fourth-order valence-corrected chi connectivity index (χ4v) is 2.50. The van der Waals surface area contributed by atoms with Crippen LogP contribution in [-0.4, -0.2) is 16.7 Å². The third-order valence-corrected chi connectivity index (χ3v) is 3.59. The Balaban J connectivity index is 0.00000144. The summed E-state index contributed by atoms with van der Waals surface area (Å²) in [6, 6.07) is 9.81. The minimum absolute atomic E-state index is 0.